The Morgan fingerprint density at radius 2 is 1.79 bits per heavy atom. The van der Waals surface area contributed by atoms with Gasteiger partial charge < -0.3 is 4.90 Å². The fourth-order valence-corrected chi connectivity index (χ4v) is 3.33. The molecule has 0 radical (unpaired) electrons. The van der Waals surface area contributed by atoms with Gasteiger partial charge in [-0.3, -0.25) is 14.9 Å². The van der Waals surface area contributed by atoms with Crippen LogP contribution in [0.1, 0.15) is 25.0 Å². The van der Waals surface area contributed by atoms with E-state index in [0.29, 0.717) is 5.75 Å². The van der Waals surface area contributed by atoms with E-state index in [0.717, 1.165) is 29.9 Å². The first kappa shape index (κ1) is 21.4. The van der Waals surface area contributed by atoms with Gasteiger partial charge in [0.1, 0.15) is 0 Å². The number of non-ortho nitro benzene ring substituents is 1. The number of nitrogens with one attached hydrogen (secondary N) is 1. The number of rotatable bonds is 10. The molecule has 0 saturated heterocycles. The first-order valence-corrected chi connectivity index (χ1v) is 10.2. The molecule has 8 heteroatoms. The number of benzene rings is 2. The maximum absolute atomic E-state index is 11.8. The molecule has 28 heavy (non-hydrogen) atoms. The van der Waals surface area contributed by atoms with Crippen LogP contribution in [-0.2, 0) is 10.5 Å². The van der Waals surface area contributed by atoms with Crippen molar-refractivity contribution < 1.29 is 9.72 Å². The van der Waals surface area contributed by atoms with Gasteiger partial charge in [0.2, 0.25) is 5.91 Å². The van der Waals surface area contributed by atoms with Crippen molar-refractivity contribution in [2.24, 2.45) is 5.10 Å². The smallest absolute Gasteiger partial charge is 0.269 e. The zero-order chi connectivity index (χ0) is 20.4. The summed E-state index contributed by atoms with van der Waals surface area (Å²) in [7, 11) is 0. The highest BCUT2D eigenvalue weighted by Crippen LogP contribution is 2.17. The van der Waals surface area contributed by atoms with Crippen LogP contribution in [0.3, 0.4) is 0 Å². The van der Waals surface area contributed by atoms with E-state index in [1.165, 1.54) is 23.9 Å². The molecule has 0 fully saturated rings. The van der Waals surface area contributed by atoms with Crippen molar-refractivity contribution in [3.05, 3.63) is 69.8 Å². The molecule has 0 spiro atoms. The zero-order valence-electron chi connectivity index (χ0n) is 16.0. The van der Waals surface area contributed by atoms with Gasteiger partial charge in [-0.1, -0.05) is 24.3 Å². The molecule has 0 aliphatic carbocycles. The molecule has 0 saturated carbocycles. The Labute approximate surface area is 169 Å². The average Bonchev–Trinajstić information content (AvgIpc) is 2.70. The summed E-state index contributed by atoms with van der Waals surface area (Å²) in [6.07, 6.45) is 1.62. The number of anilines is 1. The molecule has 2 aromatic rings. The van der Waals surface area contributed by atoms with Crippen molar-refractivity contribution in [3.8, 4) is 0 Å². The molecular weight excluding hydrogens is 376 g/mol. The lowest BCUT2D eigenvalue weighted by Gasteiger charge is -2.20. The molecule has 0 aromatic heterocycles. The number of carbonyl (C=O) groups excluding carboxylic acids is 1. The quantitative estimate of drug-likeness (QED) is 0.372. The number of nitro benzene ring substituents is 1. The number of hydrogen-bond donors (Lipinski definition) is 1. The molecule has 0 unspecified atom stereocenters. The lowest BCUT2D eigenvalue weighted by Crippen LogP contribution is -2.21. The molecule has 0 aliphatic rings. The van der Waals surface area contributed by atoms with Gasteiger partial charge >= 0.3 is 0 Å². The molecule has 7 nitrogen and oxygen atoms in total. The Balaban J connectivity index is 1.73. The summed E-state index contributed by atoms with van der Waals surface area (Å²) in [5, 5.41) is 14.6. The first-order chi connectivity index (χ1) is 13.5. The van der Waals surface area contributed by atoms with E-state index in [-0.39, 0.29) is 17.3 Å². The first-order valence-electron chi connectivity index (χ1n) is 9.01. The number of carbonyl (C=O) groups is 1. The maximum Gasteiger partial charge on any atom is 0.269 e. The van der Waals surface area contributed by atoms with Gasteiger partial charge in [-0.15, -0.1) is 11.8 Å². The van der Waals surface area contributed by atoms with Gasteiger partial charge in [0, 0.05) is 36.7 Å². The Bertz CT molecular complexity index is 803. The lowest BCUT2D eigenvalue weighted by molar-refractivity contribution is -0.384. The number of hydrazone groups is 1. The fraction of sp³-hybridized carbons (Fsp3) is 0.300. The van der Waals surface area contributed by atoms with Gasteiger partial charge in [-0.05, 0) is 37.1 Å². The van der Waals surface area contributed by atoms with Crippen LogP contribution in [0.2, 0.25) is 0 Å². The van der Waals surface area contributed by atoms with Crippen molar-refractivity contribution in [2.45, 2.75) is 19.6 Å². The van der Waals surface area contributed by atoms with E-state index in [4.69, 9.17) is 0 Å². The van der Waals surface area contributed by atoms with Crippen molar-refractivity contribution in [3.63, 3.8) is 0 Å². The topological polar surface area (TPSA) is 87.8 Å². The van der Waals surface area contributed by atoms with Crippen LogP contribution in [0.5, 0.6) is 0 Å². The van der Waals surface area contributed by atoms with Crippen LogP contribution in [0.4, 0.5) is 11.4 Å². The Morgan fingerprint density at radius 3 is 2.36 bits per heavy atom. The fourth-order valence-electron chi connectivity index (χ4n) is 2.55. The van der Waals surface area contributed by atoms with Crippen LogP contribution in [0.25, 0.3) is 0 Å². The number of hydrogen-bond acceptors (Lipinski definition) is 6. The van der Waals surface area contributed by atoms with Crippen LogP contribution >= 0.6 is 11.8 Å². The van der Waals surface area contributed by atoms with Crippen molar-refractivity contribution in [2.75, 3.05) is 23.7 Å². The molecule has 0 aliphatic heterocycles. The predicted molar refractivity (Wildman–Crippen MR) is 115 cm³/mol. The molecule has 0 atom stereocenters. The molecule has 2 aromatic carbocycles. The summed E-state index contributed by atoms with van der Waals surface area (Å²) in [5.74, 6) is 0.667. The summed E-state index contributed by atoms with van der Waals surface area (Å²) in [4.78, 5) is 24.3. The Hall–Kier alpha value is -2.87. The van der Waals surface area contributed by atoms with Crippen LogP contribution in [-0.4, -0.2) is 35.9 Å². The number of nitrogens with zero attached hydrogens (tertiary/aromatic N) is 3. The van der Waals surface area contributed by atoms with Gasteiger partial charge in [0.25, 0.3) is 5.69 Å². The van der Waals surface area contributed by atoms with Gasteiger partial charge in [0.15, 0.2) is 0 Å². The second-order valence-corrected chi connectivity index (χ2v) is 6.96. The Kier molecular flexibility index (Phi) is 8.48. The van der Waals surface area contributed by atoms with Crippen molar-refractivity contribution in [1.29, 1.82) is 0 Å². The SMILES string of the molecule is CCN(CC)c1ccc(/C=N\NC(=O)CSCc2ccc([N+](=O)[O-])cc2)cc1. The minimum absolute atomic E-state index is 0.0611. The highest BCUT2D eigenvalue weighted by atomic mass is 32.2. The number of amides is 1. The maximum atomic E-state index is 11.8. The summed E-state index contributed by atoms with van der Waals surface area (Å²) in [6, 6.07) is 14.3. The van der Waals surface area contributed by atoms with E-state index < -0.39 is 4.92 Å². The summed E-state index contributed by atoms with van der Waals surface area (Å²) in [6.45, 7) is 6.15. The van der Waals surface area contributed by atoms with E-state index in [9.17, 15) is 14.9 Å². The second-order valence-electron chi connectivity index (χ2n) is 5.97. The highest BCUT2D eigenvalue weighted by molar-refractivity contribution is 7.99. The van der Waals surface area contributed by atoms with Crippen LogP contribution < -0.4 is 10.3 Å². The summed E-state index contributed by atoms with van der Waals surface area (Å²) < 4.78 is 0. The summed E-state index contributed by atoms with van der Waals surface area (Å²) >= 11 is 1.42. The van der Waals surface area contributed by atoms with E-state index in [1.807, 2.05) is 24.3 Å². The predicted octanol–water partition coefficient (Wildman–Crippen LogP) is 3.82. The third-order valence-corrected chi connectivity index (χ3v) is 5.08. The van der Waals surface area contributed by atoms with E-state index in [2.05, 4.69) is 29.3 Å². The third-order valence-electron chi connectivity index (χ3n) is 4.07. The zero-order valence-corrected chi connectivity index (χ0v) is 16.8. The molecule has 0 bridgehead atoms. The van der Waals surface area contributed by atoms with E-state index in [1.54, 1.807) is 18.3 Å². The normalized spacial score (nSPS) is 10.8. The monoisotopic (exact) mass is 400 g/mol. The lowest BCUT2D eigenvalue weighted by atomic mass is 10.2. The number of nitro groups is 1. The molecule has 0 heterocycles. The highest BCUT2D eigenvalue weighted by Gasteiger charge is 2.05. The van der Waals surface area contributed by atoms with E-state index >= 15 is 0 Å². The van der Waals surface area contributed by atoms with Gasteiger partial charge in [-0.2, -0.15) is 5.10 Å². The third kappa shape index (κ3) is 6.70. The second kappa shape index (κ2) is 11.1. The van der Waals surface area contributed by atoms with Crippen LogP contribution in [0, 0.1) is 10.1 Å². The molecule has 1 amide bonds. The minimum Gasteiger partial charge on any atom is -0.372 e. The standard InChI is InChI=1S/C20H24N4O3S/c1-3-23(4-2)18-9-5-16(6-10-18)13-21-22-20(25)15-28-14-17-7-11-19(12-8-17)24(26)27/h5-13H,3-4,14-15H2,1-2H3,(H,22,25)/b21-13-. The largest absolute Gasteiger partial charge is 0.372 e. The molecule has 1 N–H and O–H groups in total. The number of thioether (sulfide) groups is 1. The van der Waals surface area contributed by atoms with Crippen molar-refractivity contribution in [1.82, 2.24) is 5.43 Å². The van der Waals surface area contributed by atoms with Crippen LogP contribution in [0.15, 0.2) is 53.6 Å². The van der Waals surface area contributed by atoms with Crippen molar-refractivity contribution >= 4 is 35.3 Å². The minimum atomic E-state index is -0.431. The van der Waals surface area contributed by atoms with Gasteiger partial charge in [-0.25, -0.2) is 5.43 Å². The molecular formula is C20H24N4O3S. The molecule has 2 rings (SSSR count). The van der Waals surface area contributed by atoms with Gasteiger partial charge in [0.05, 0.1) is 16.9 Å². The summed E-state index contributed by atoms with van der Waals surface area (Å²) in [5.41, 5.74) is 5.58. The molecule has 148 valence electrons. The Morgan fingerprint density at radius 1 is 1.14 bits per heavy atom. The average molecular weight is 401 g/mol.